The van der Waals surface area contributed by atoms with Gasteiger partial charge in [0.1, 0.15) is 5.75 Å². The first-order valence-electron chi connectivity index (χ1n) is 8.93. The molecule has 0 saturated heterocycles. The Morgan fingerprint density at radius 3 is 2.66 bits per heavy atom. The van der Waals surface area contributed by atoms with Gasteiger partial charge in [0, 0.05) is 17.3 Å². The highest BCUT2D eigenvalue weighted by Gasteiger charge is 2.13. The Morgan fingerprint density at radius 2 is 1.90 bits per heavy atom. The average Bonchev–Trinajstić information content (AvgIpc) is 3.43. The zero-order chi connectivity index (χ0) is 20.1. The summed E-state index contributed by atoms with van der Waals surface area (Å²) >= 11 is 0. The van der Waals surface area contributed by atoms with Crippen molar-refractivity contribution in [2.24, 2.45) is 0 Å². The van der Waals surface area contributed by atoms with Crippen LogP contribution >= 0.6 is 0 Å². The topological polar surface area (TPSA) is 92.3 Å². The molecule has 0 spiro atoms. The van der Waals surface area contributed by atoms with E-state index >= 15 is 0 Å². The second-order valence-corrected chi connectivity index (χ2v) is 6.21. The van der Waals surface area contributed by atoms with E-state index < -0.39 is 5.97 Å². The van der Waals surface area contributed by atoms with Crippen molar-refractivity contribution in [2.75, 3.05) is 7.11 Å². The lowest BCUT2D eigenvalue weighted by molar-refractivity contribution is -0.144. The van der Waals surface area contributed by atoms with E-state index in [0.717, 1.165) is 22.6 Å². The van der Waals surface area contributed by atoms with Crippen LogP contribution in [0, 0.1) is 0 Å². The van der Waals surface area contributed by atoms with Gasteiger partial charge >= 0.3 is 5.97 Å². The third-order valence-electron chi connectivity index (χ3n) is 4.18. The lowest BCUT2D eigenvalue weighted by Gasteiger charge is -2.01. The summed E-state index contributed by atoms with van der Waals surface area (Å²) in [6.07, 6.45) is 3.54. The van der Waals surface area contributed by atoms with Crippen LogP contribution in [0.4, 0.5) is 0 Å². The SMILES string of the molecule is COc1ccc(-c2noc(COC(=O)Cc3cnn(-c4ccccc4)c3)n2)cc1. The number of carbonyl (C=O) groups excluding carboxylic acids is 1. The van der Waals surface area contributed by atoms with Gasteiger partial charge in [-0.3, -0.25) is 4.79 Å². The zero-order valence-corrected chi connectivity index (χ0v) is 15.7. The number of aromatic nitrogens is 4. The fourth-order valence-corrected chi connectivity index (χ4v) is 2.70. The summed E-state index contributed by atoms with van der Waals surface area (Å²) < 4.78 is 17.2. The Morgan fingerprint density at radius 1 is 1.10 bits per heavy atom. The maximum absolute atomic E-state index is 12.1. The van der Waals surface area contributed by atoms with Crippen LogP contribution in [-0.2, 0) is 22.6 Å². The van der Waals surface area contributed by atoms with Crippen LogP contribution < -0.4 is 4.74 Å². The van der Waals surface area contributed by atoms with E-state index in [2.05, 4.69) is 15.2 Å². The summed E-state index contributed by atoms with van der Waals surface area (Å²) in [5.41, 5.74) is 2.45. The highest BCUT2D eigenvalue weighted by molar-refractivity contribution is 5.72. The summed E-state index contributed by atoms with van der Waals surface area (Å²) in [5, 5.41) is 8.18. The molecule has 4 rings (SSSR count). The molecule has 0 N–H and O–H groups in total. The molecule has 0 atom stereocenters. The number of ether oxygens (including phenoxy) is 2. The lowest BCUT2D eigenvalue weighted by atomic mass is 10.2. The number of rotatable bonds is 7. The largest absolute Gasteiger partial charge is 0.497 e. The van der Waals surface area contributed by atoms with Crippen LogP contribution in [0.3, 0.4) is 0 Å². The zero-order valence-electron chi connectivity index (χ0n) is 15.7. The quantitative estimate of drug-likeness (QED) is 0.447. The van der Waals surface area contributed by atoms with Crippen molar-refractivity contribution in [1.82, 2.24) is 19.9 Å². The Bertz CT molecular complexity index is 1090. The molecule has 0 saturated carbocycles. The van der Waals surface area contributed by atoms with Gasteiger partial charge in [-0.25, -0.2) is 4.68 Å². The first-order chi connectivity index (χ1) is 14.2. The smallest absolute Gasteiger partial charge is 0.310 e. The van der Waals surface area contributed by atoms with Gasteiger partial charge in [0.15, 0.2) is 6.61 Å². The fraction of sp³-hybridized carbons (Fsp3) is 0.143. The molecule has 8 nitrogen and oxygen atoms in total. The molecular formula is C21H18N4O4. The average molecular weight is 390 g/mol. The number of hydrogen-bond acceptors (Lipinski definition) is 7. The molecule has 0 fully saturated rings. The van der Waals surface area contributed by atoms with Gasteiger partial charge in [-0.05, 0) is 36.4 Å². The van der Waals surface area contributed by atoms with E-state index in [1.54, 1.807) is 36.3 Å². The number of hydrogen-bond donors (Lipinski definition) is 0. The van der Waals surface area contributed by atoms with E-state index in [1.807, 2.05) is 42.5 Å². The molecule has 0 amide bonds. The molecule has 4 aromatic rings. The van der Waals surface area contributed by atoms with Crippen LogP contribution in [0.25, 0.3) is 17.1 Å². The summed E-state index contributed by atoms with van der Waals surface area (Å²) in [6.45, 7) is -0.0885. The first kappa shape index (κ1) is 18.4. The van der Waals surface area contributed by atoms with Gasteiger partial charge in [0.05, 0.1) is 25.4 Å². The number of esters is 1. The normalized spacial score (nSPS) is 10.7. The lowest BCUT2D eigenvalue weighted by Crippen LogP contribution is -2.07. The molecule has 0 aliphatic carbocycles. The number of carbonyl (C=O) groups is 1. The van der Waals surface area contributed by atoms with E-state index in [-0.39, 0.29) is 18.9 Å². The molecule has 2 aromatic heterocycles. The number of para-hydroxylation sites is 1. The minimum Gasteiger partial charge on any atom is -0.497 e. The Labute approximate surface area is 166 Å². The third kappa shape index (κ3) is 4.49. The predicted octanol–water partition coefficient (Wildman–Crippen LogP) is 3.22. The minimum absolute atomic E-state index is 0.0885. The molecule has 29 heavy (non-hydrogen) atoms. The van der Waals surface area contributed by atoms with Crippen molar-refractivity contribution in [3.05, 3.63) is 78.4 Å². The minimum atomic E-state index is -0.401. The maximum atomic E-state index is 12.1. The standard InChI is InChI=1S/C21H18N4O4/c1-27-18-9-7-16(8-10-18)21-23-19(29-24-21)14-28-20(26)11-15-12-22-25(13-15)17-5-3-2-4-6-17/h2-10,12-13H,11,14H2,1H3. The van der Waals surface area contributed by atoms with E-state index in [1.165, 1.54) is 0 Å². The van der Waals surface area contributed by atoms with Gasteiger partial charge < -0.3 is 14.0 Å². The highest BCUT2D eigenvalue weighted by atomic mass is 16.6. The second-order valence-electron chi connectivity index (χ2n) is 6.21. The Balaban J connectivity index is 1.32. The molecule has 146 valence electrons. The van der Waals surface area contributed by atoms with Crippen LogP contribution in [0.5, 0.6) is 5.75 Å². The first-order valence-corrected chi connectivity index (χ1v) is 8.93. The summed E-state index contributed by atoms with van der Waals surface area (Å²) in [4.78, 5) is 16.4. The van der Waals surface area contributed by atoms with Crippen molar-refractivity contribution in [3.63, 3.8) is 0 Å². The highest BCUT2D eigenvalue weighted by Crippen LogP contribution is 2.20. The summed E-state index contributed by atoms with van der Waals surface area (Å²) in [6, 6.07) is 16.9. The van der Waals surface area contributed by atoms with Crippen LogP contribution in [0.1, 0.15) is 11.5 Å². The Kier molecular flexibility index (Phi) is 5.33. The van der Waals surface area contributed by atoms with Crippen molar-refractivity contribution >= 4 is 5.97 Å². The van der Waals surface area contributed by atoms with Gasteiger partial charge in [-0.2, -0.15) is 10.1 Å². The number of nitrogens with zero attached hydrogens (tertiary/aromatic N) is 4. The van der Waals surface area contributed by atoms with Crippen molar-refractivity contribution < 1.29 is 18.8 Å². The molecular weight excluding hydrogens is 372 g/mol. The van der Waals surface area contributed by atoms with Crippen molar-refractivity contribution in [3.8, 4) is 22.8 Å². The number of benzene rings is 2. The second kappa shape index (κ2) is 8.39. The third-order valence-corrected chi connectivity index (χ3v) is 4.18. The molecule has 2 aromatic carbocycles. The van der Waals surface area contributed by atoms with E-state index in [9.17, 15) is 4.79 Å². The molecule has 8 heteroatoms. The van der Waals surface area contributed by atoms with Gasteiger partial charge in [0.25, 0.3) is 5.89 Å². The molecule has 0 aliphatic rings. The maximum Gasteiger partial charge on any atom is 0.310 e. The Hall–Kier alpha value is -3.94. The molecule has 0 radical (unpaired) electrons. The monoisotopic (exact) mass is 390 g/mol. The summed E-state index contributed by atoms with van der Waals surface area (Å²) in [5.74, 6) is 0.982. The van der Waals surface area contributed by atoms with Crippen LogP contribution in [-0.4, -0.2) is 33.0 Å². The fourth-order valence-electron chi connectivity index (χ4n) is 2.70. The summed E-state index contributed by atoms with van der Waals surface area (Å²) in [7, 11) is 1.60. The van der Waals surface area contributed by atoms with E-state index in [4.69, 9.17) is 14.0 Å². The molecule has 0 aliphatic heterocycles. The predicted molar refractivity (Wildman–Crippen MR) is 103 cm³/mol. The van der Waals surface area contributed by atoms with Gasteiger partial charge in [-0.15, -0.1) is 0 Å². The molecule has 0 bridgehead atoms. The van der Waals surface area contributed by atoms with Gasteiger partial charge in [-0.1, -0.05) is 23.4 Å². The van der Waals surface area contributed by atoms with E-state index in [0.29, 0.717) is 5.82 Å². The van der Waals surface area contributed by atoms with Crippen LogP contribution in [0.2, 0.25) is 0 Å². The van der Waals surface area contributed by atoms with Crippen LogP contribution in [0.15, 0.2) is 71.5 Å². The molecule has 2 heterocycles. The van der Waals surface area contributed by atoms with Crippen molar-refractivity contribution in [2.45, 2.75) is 13.0 Å². The van der Waals surface area contributed by atoms with Gasteiger partial charge in [0.2, 0.25) is 5.82 Å². The molecule has 0 unspecified atom stereocenters. The van der Waals surface area contributed by atoms with Crippen molar-refractivity contribution in [1.29, 1.82) is 0 Å². The number of methoxy groups -OCH3 is 1.